The first-order chi connectivity index (χ1) is 10.2. The minimum Gasteiger partial charge on any atom is -0.385 e. The highest BCUT2D eigenvalue weighted by Crippen LogP contribution is 2.26. The van der Waals surface area contributed by atoms with Gasteiger partial charge >= 0.3 is 0 Å². The van der Waals surface area contributed by atoms with Crippen molar-refractivity contribution in [2.24, 2.45) is 0 Å². The Balaban J connectivity index is 1.70. The van der Waals surface area contributed by atoms with Crippen LogP contribution in [0.15, 0.2) is 36.5 Å². The molecular formula is C17H22N4. The molecule has 0 fully saturated rings. The Kier molecular flexibility index (Phi) is 3.95. The van der Waals surface area contributed by atoms with E-state index in [1.807, 2.05) is 31.3 Å². The summed E-state index contributed by atoms with van der Waals surface area (Å²) in [7, 11) is 3.99. The molecule has 1 aromatic heterocycles. The molecule has 0 spiro atoms. The lowest BCUT2D eigenvalue weighted by Crippen LogP contribution is -2.15. The average Bonchev–Trinajstić information content (AvgIpc) is 2.53. The molecule has 0 saturated carbocycles. The van der Waals surface area contributed by atoms with Crippen LogP contribution in [0.2, 0.25) is 0 Å². The first-order valence-corrected chi connectivity index (χ1v) is 7.46. The van der Waals surface area contributed by atoms with Gasteiger partial charge in [-0.1, -0.05) is 18.2 Å². The van der Waals surface area contributed by atoms with Gasteiger partial charge in [-0.2, -0.15) is 0 Å². The monoisotopic (exact) mass is 282 g/mol. The van der Waals surface area contributed by atoms with E-state index >= 15 is 0 Å². The third-order valence-corrected chi connectivity index (χ3v) is 3.85. The zero-order valence-electron chi connectivity index (χ0n) is 12.7. The number of para-hydroxylation sites is 1. The van der Waals surface area contributed by atoms with Crippen molar-refractivity contribution in [2.75, 3.05) is 36.2 Å². The predicted molar refractivity (Wildman–Crippen MR) is 89.1 cm³/mol. The number of pyridine rings is 1. The Labute approximate surface area is 126 Å². The van der Waals surface area contributed by atoms with E-state index in [0.717, 1.165) is 24.6 Å². The molecule has 110 valence electrons. The van der Waals surface area contributed by atoms with Crippen LogP contribution in [0.25, 0.3) is 0 Å². The Morgan fingerprint density at radius 2 is 2.14 bits per heavy atom. The molecule has 2 N–H and O–H groups in total. The van der Waals surface area contributed by atoms with Crippen LogP contribution in [0.3, 0.4) is 0 Å². The van der Waals surface area contributed by atoms with Crippen molar-refractivity contribution in [3.8, 4) is 0 Å². The number of fused-ring (bicyclic) bond motifs is 1. The fourth-order valence-corrected chi connectivity index (χ4v) is 2.68. The third kappa shape index (κ3) is 3.10. The smallest absolute Gasteiger partial charge is 0.128 e. The van der Waals surface area contributed by atoms with E-state index in [4.69, 9.17) is 0 Å². The van der Waals surface area contributed by atoms with Crippen molar-refractivity contribution >= 4 is 17.2 Å². The first kappa shape index (κ1) is 13.7. The molecule has 0 bridgehead atoms. The maximum absolute atomic E-state index is 4.43. The summed E-state index contributed by atoms with van der Waals surface area (Å²) in [5.41, 5.74) is 5.12. The van der Waals surface area contributed by atoms with Crippen LogP contribution in [0.1, 0.15) is 17.5 Å². The SMILES string of the molecule is CN(C)c1ccc(NCc2cccc3c2NCCC3)cn1. The van der Waals surface area contributed by atoms with Gasteiger partial charge in [-0.15, -0.1) is 0 Å². The van der Waals surface area contributed by atoms with E-state index in [0.29, 0.717) is 0 Å². The summed E-state index contributed by atoms with van der Waals surface area (Å²) in [6.45, 7) is 1.89. The van der Waals surface area contributed by atoms with E-state index in [1.165, 1.54) is 29.7 Å². The third-order valence-electron chi connectivity index (χ3n) is 3.85. The van der Waals surface area contributed by atoms with Gasteiger partial charge in [0, 0.05) is 32.9 Å². The number of nitrogens with one attached hydrogen (secondary N) is 2. The summed E-state index contributed by atoms with van der Waals surface area (Å²) < 4.78 is 0. The molecule has 0 unspecified atom stereocenters. The summed E-state index contributed by atoms with van der Waals surface area (Å²) >= 11 is 0. The van der Waals surface area contributed by atoms with E-state index in [9.17, 15) is 0 Å². The highest BCUT2D eigenvalue weighted by atomic mass is 15.1. The molecule has 2 heterocycles. The molecule has 21 heavy (non-hydrogen) atoms. The molecule has 1 aliphatic rings. The summed E-state index contributed by atoms with van der Waals surface area (Å²) in [6.07, 6.45) is 4.28. The maximum atomic E-state index is 4.43. The fraction of sp³-hybridized carbons (Fsp3) is 0.353. The predicted octanol–water partition coefficient (Wildman–Crippen LogP) is 3.12. The zero-order valence-corrected chi connectivity index (χ0v) is 12.7. The van der Waals surface area contributed by atoms with E-state index < -0.39 is 0 Å². The maximum Gasteiger partial charge on any atom is 0.128 e. The highest BCUT2D eigenvalue weighted by Gasteiger charge is 2.11. The normalized spacial score (nSPS) is 13.2. The van der Waals surface area contributed by atoms with Crippen molar-refractivity contribution in [3.05, 3.63) is 47.7 Å². The van der Waals surface area contributed by atoms with E-state index in [2.05, 4.69) is 39.9 Å². The molecule has 4 nitrogen and oxygen atoms in total. The van der Waals surface area contributed by atoms with Crippen molar-refractivity contribution in [1.82, 2.24) is 4.98 Å². The molecule has 0 aliphatic carbocycles. The van der Waals surface area contributed by atoms with Crippen LogP contribution in [-0.2, 0) is 13.0 Å². The summed E-state index contributed by atoms with van der Waals surface area (Å²) in [4.78, 5) is 6.43. The quantitative estimate of drug-likeness (QED) is 0.904. The van der Waals surface area contributed by atoms with Gasteiger partial charge in [0.1, 0.15) is 5.82 Å². The van der Waals surface area contributed by atoms with Gasteiger partial charge in [0.05, 0.1) is 11.9 Å². The Morgan fingerprint density at radius 3 is 2.90 bits per heavy atom. The van der Waals surface area contributed by atoms with Crippen molar-refractivity contribution in [2.45, 2.75) is 19.4 Å². The van der Waals surface area contributed by atoms with Gasteiger partial charge in [-0.3, -0.25) is 0 Å². The summed E-state index contributed by atoms with van der Waals surface area (Å²) in [5.74, 6) is 0.972. The number of anilines is 3. The lowest BCUT2D eigenvalue weighted by molar-refractivity contribution is 0.825. The molecule has 0 saturated heterocycles. The first-order valence-electron chi connectivity index (χ1n) is 7.46. The molecule has 0 amide bonds. The second-order valence-electron chi connectivity index (χ2n) is 5.63. The summed E-state index contributed by atoms with van der Waals surface area (Å²) in [6, 6.07) is 10.7. The van der Waals surface area contributed by atoms with Gasteiger partial charge in [0.25, 0.3) is 0 Å². The van der Waals surface area contributed by atoms with Crippen molar-refractivity contribution in [3.63, 3.8) is 0 Å². The second-order valence-corrected chi connectivity index (χ2v) is 5.63. The van der Waals surface area contributed by atoms with Gasteiger partial charge < -0.3 is 15.5 Å². The van der Waals surface area contributed by atoms with Crippen LogP contribution in [0.4, 0.5) is 17.2 Å². The Hall–Kier alpha value is -2.23. The topological polar surface area (TPSA) is 40.2 Å². The van der Waals surface area contributed by atoms with E-state index in [-0.39, 0.29) is 0 Å². The Bertz CT molecular complexity index is 605. The summed E-state index contributed by atoms with van der Waals surface area (Å²) in [5, 5.41) is 6.99. The number of benzene rings is 1. The molecule has 1 aromatic carbocycles. The largest absolute Gasteiger partial charge is 0.385 e. The number of hydrogen-bond donors (Lipinski definition) is 2. The number of nitrogens with zero attached hydrogens (tertiary/aromatic N) is 2. The second kappa shape index (κ2) is 6.04. The van der Waals surface area contributed by atoms with Crippen molar-refractivity contribution in [1.29, 1.82) is 0 Å². The van der Waals surface area contributed by atoms with Crippen molar-refractivity contribution < 1.29 is 0 Å². The number of rotatable bonds is 4. The highest BCUT2D eigenvalue weighted by molar-refractivity contribution is 5.60. The van der Waals surface area contributed by atoms with Crippen LogP contribution in [-0.4, -0.2) is 25.6 Å². The fourth-order valence-electron chi connectivity index (χ4n) is 2.68. The van der Waals surface area contributed by atoms with Gasteiger partial charge in [0.15, 0.2) is 0 Å². The lowest BCUT2D eigenvalue weighted by atomic mass is 9.99. The van der Waals surface area contributed by atoms with Crippen LogP contribution in [0.5, 0.6) is 0 Å². The number of aryl methyl sites for hydroxylation is 1. The molecule has 3 rings (SSSR count). The number of hydrogen-bond acceptors (Lipinski definition) is 4. The van der Waals surface area contributed by atoms with E-state index in [1.54, 1.807) is 0 Å². The molecule has 4 heteroatoms. The van der Waals surface area contributed by atoms with Gasteiger partial charge in [0.2, 0.25) is 0 Å². The number of aromatic nitrogens is 1. The minimum absolute atomic E-state index is 0.819. The molecule has 0 radical (unpaired) electrons. The van der Waals surface area contributed by atoms with Crippen LogP contribution >= 0.6 is 0 Å². The molecule has 1 aliphatic heterocycles. The Morgan fingerprint density at radius 1 is 1.24 bits per heavy atom. The molecule has 0 atom stereocenters. The average molecular weight is 282 g/mol. The van der Waals surface area contributed by atoms with Gasteiger partial charge in [-0.05, 0) is 36.1 Å². The minimum atomic E-state index is 0.819. The standard InChI is InChI=1S/C17H22N4/c1-21(2)16-9-8-15(12-20-16)19-11-14-6-3-5-13-7-4-10-18-17(13)14/h3,5-6,8-9,12,18-19H,4,7,10-11H2,1-2H3. The zero-order chi connectivity index (χ0) is 14.7. The van der Waals surface area contributed by atoms with Crippen LogP contribution < -0.4 is 15.5 Å². The van der Waals surface area contributed by atoms with Gasteiger partial charge in [-0.25, -0.2) is 4.98 Å². The molecule has 2 aromatic rings. The lowest BCUT2D eigenvalue weighted by Gasteiger charge is -2.21. The molecular weight excluding hydrogens is 260 g/mol. The van der Waals surface area contributed by atoms with Crippen LogP contribution in [0, 0.1) is 0 Å².